The van der Waals surface area contributed by atoms with Gasteiger partial charge in [-0.25, -0.2) is 4.79 Å². The Morgan fingerprint density at radius 3 is 2.79 bits per heavy atom. The van der Waals surface area contributed by atoms with Gasteiger partial charge in [0.1, 0.15) is 11.3 Å². The Morgan fingerprint density at radius 2 is 2.00 bits per heavy atom. The number of amides is 1. The summed E-state index contributed by atoms with van der Waals surface area (Å²) in [6.45, 7) is 2.13. The van der Waals surface area contributed by atoms with Crippen LogP contribution < -0.4 is 15.7 Å². The standard InChI is InChI=1S/C21H25NO6/c1-13(20(25)22-11-4-2-3-8-19(23)24)27-14-9-10-16-15-6-5-7-17(15)21(26)28-18(16)12-14/h9-10,12-13H,2-8,11H2,1H3,(H,22,25)(H,23,24)/t13-/m1/s1. The number of hydrogen-bond donors (Lipinski definition) is 2. The van der Waals surface area contributed by atoms with Crippen LogP contribution in [0.3, 0.4) is 0 Å². The van der Waals surface area contributed by atoms with Gasteiger partial charge < -0.3 is 19.6 Å². The molecule has 1 heterocycles. The fraction of sp³-hybridized carbons (Fsp3) is 0.476. The zero-order valence-corrected chi connectivity index (χ0v) is 16.0. The summed E-state index contributed by atoms with van der Waals surface area (Å²) in [4.78, 5) is 34.7. The van der Waals surface area contributed by atoms with Crippen molar-refractivity contribution in [3.05, 3.63) is 39.7 Å². The molecule has 0 fully saturated rings. The molecule has 7 nitrogen and oxygen atoms in total. The number of hydrogen-bond acceptors (Lipinski definition) is 5. The van der Waals surface area contributed by atoms with Crippen molar-refractivity contribution in [1.29, 1.82) is 0 Å². The minimum atomic E-state index is -0.803. The molecule has 3 rings (SSSR count). The van der Waals surface area contributed by atoms with Crippen molar-refractivity contribution in [3.63, 3.8) is 0 Å². The summed E-state index contributed by atoms with van der Waals surface area (Å²) in [6.07, 6.45) is 4.12. The lowest BCUT2D eigenvalue weighted by Gasteiger charge is -2.15. The number of aryl methyl sites for hydroxylation is 1. The van der Waals surface area contributed by atoms with E-state index in [1.165, 1.54) is 0 Å². The van der Waals surface area contributed by atoms with E-state index < -0.39 is 12.1 Å². The number of unbranched alkanes of at least 4 members (excludes halogenated alkanes) is 2. The van der Waals surface area contributed by atoms with Gasteiger partial charge in [-0.05, 0) is 56.7 Å². The van der Waals surface area contributed by atoms with Crippen LogP contribution in [0.5, 0.6) is 5.75 Å². The first-order chi connectivity index (χ1) is 13.5. The first-order valence-corrected chi connectivity index (χ1v) is 9.70. The number of aliphatic carboxylic acids is 1. The van der Waals surface area contributed by atoms with Crippen LogP contribution in [0, 0.1) is 0 Å². The zero-order chi connectivity index (χ0) is 20.1. The highest BCUT2D eigenvalue weighted by molar-refractivity contribution is 5.84. The third-order valence-electron chi connectivity index (χ3n) is 4.99. The predicted molar refractivity (Wildman–Crippen MR) is 104 cm³/mol. The van der Waals surface area contributed by atoms with E-state index in [0.717, 1.165) is 48.6 Å². The van der Waals surface area contributed by atoms with Gasteiger partial charge in [0.15, 0.2) is 6.10 Å². The molecule has 2 aromatic rings. The number of nitrogens with one attached hydrogen (secondary N) is 1. The van der Waals surface area contributed by atoms with Crippen molar-refractivity contribution < 1.29 is 23.8 Å². The van der Waals surface area contributed by atoms with Crippen molar-refractivity contribution in [2.75, 3.05) is 6.54 Å². The molecule has 150 valence electrons. The van der Waals surface area contributed by atoms with Crippen molar-refractivity contribution >= 4 is 22.8 Å². The zero-order valence-electron chi connectivity index (χ0n) is 16.0. The van der Waals surface area contributed by atoms with Crippen molar-refractivity contribution in [2.24, 2.45) is 0 Å². The van der Waals surface area contributed by atoms with Crippen molar-refractivity contribution in [3.8, 4) is 5.75 Å². The van der Waals surface area contributed by atoms with Gasteiger partial charge in [0, 0.05) is 30.0 Å². The Morgan fingerprint density at radius 1 is 1.21 bits per heavy atom. The summed E-state index contributed by atoms with van der Waals surface area (Å²) in [5.41, 5.74) is 2.03. The van der Waals surface area contributed by atoms with Crippen LogP contribution in [0.4, 0.5) is 0 Å². The van der Waals surface area contributed by atoms with E-state index in [1.807, 2.05) is 6.07 Å². The Labute approximate surface area is 162 Å². The van der Waals surface area contributed by atoms with E-state index >= 15 is 0 Å². The fourth-order valence-electron chi connectivity index (χ4n) is 3.53. The number of carboxylic acids is 1. The smallest absolute Gasteiger partial charge is 0.339 e. The maximum Gasteiger partial charge on any atom is 0.339 e. The molecular formula is C21H25NO6. The van der Waals surface area contributed by atoms with Crippen molar-refractivity contribution in [1.82, 2.24) is 5.32 Å². The lowest BCUT2D eigenvalue weighted by Crippen LogP contribution is -2.36. The number of fused-ring (bicyclic) bond motifs is 3. The molecule has 0 spiro atoms. The molecule has 0 saturated carbocycles. The molecule has 0 unspecified atom stereocenters. The van der Waals surface area contributed by atoms with Crippen LogP contribution in [0.25, 0.3) is 11.0 Å². The summed E-state index contributed by atoms with van der Waals surface area (Å²) >= 11 is 0. The second kappa shape index (κ2) is 8.91. The summed E-state index contributed by atoms with van der Waals surface area (Å²) in [7, 11) is 0. The Hall–Kier alpha value is -2.83. The Bertz CT molecular complexity index is 932. The third kappa shape index (κ3) is 4.71. The molecule has 0 saturated heterocycles. The number of carbonyl (C=O) groups excluding carboxylic acids is 1. The topological polar surface area (TPSA) is 106 Å². The van der Waals surface area contributed by atoms with E-state index in [-0.39, 0.29) is 18.0 Å². The lowest BCUT2D eigenvalue weighted by molar-refractivity contribution is -0.137. The van der Waals surface area contributed by atoms with Crippen LogP contribution in [-0.4, -0.2) is 29.6 Å². The maximum atomic E-state index is 12.2. The summed E-state index contributed by atoms with van der Waals surface area (Å²) in [5, 5.41) is 12.3. The number of carboxylic acid groups (broad SMARTS) is 1. The monoisotopic (exact) mass is 387 g/mol. The number of carbonyl (C=O) groups is 2. The van der Waals surface area contributed by atoms with Crippen LogP contribution in [0.1, 0.15) is 50.2 Å². The average molecular weight is 387 g/mol. The Kier molecular flexibility index (Phi) is 6.34. The summed E-state index contributed by atoms with van der Waals surface area (Å²) in [6, 6.07) is 5.33. The molecule has 28 heavy (non-hydrogen) atoms. The molecule has 0 aliphatic heterocycles. The highest BCUT2D eigenvalue weighted by Crippen LogP contribution is 2.29. The maximum absolute atomic E-state index is 12.2. The molecule has 0 radical (unpaired) electrons. The van der Waals surface area contributed by atoms with Gasteiger partial charge in [-0.15, -0.1) is 0 Å². The average Bonchev–Trinajstić information content (AvgIpc) is 3.14. The van der Waals surface area contributed by atoms with E-state index in [2.05, 4.69) is 5.32 Å². The summed E-state index contributed by atoms with van der Waals surface area (Å²) < 4.78 is 11.1. The van der Waals surface area contributed by atoms with E-state index in [9.17, 15) is 14.4 Å². The third-order valence-corrected chi connectivity index (χ3v) is 4.99. The second-order valence-electron chi connectivity index (χ2n) is 7.11. The number of ether oxygens (including phenoxy) is 1. The molecule has 0 bridgehead atoms. The first-order valence-electron chi connectivity index (χ1n) is 9.70. The molecular weight excluding hydrogens is 362 g/mol. The van der Waals surface area contributed by atoms with Gasteiger partial charge >= 0.3 is 11.6 Å². The lowest BCUT2D eigenvalue weighted by atomic mass is 10.1. The molecule has 1 amide bonds. The van der Waals surface area contributed by atoms with Crippen LogP contribution >= 0.6 is 0 Å². The van der Waals surface area contributed by atoms with Gasteiger partial charge in [-0.2, -0.15) is 0 Å². The highest BCUT2D eigenvalue weighted by atomic mass is 16.5. The van der Waals surface area contributed by atoms with Gasteiger partial charge in [0.05, 0.1) is 0 Å². The molecule has 2 N–H and O–H groups in total. The highest BCUT2D eigenvalue weighted by Gasteiger charge is 2.20. The number of benzene rings is 1. The normalized spacial score (nSPS) is 13.9. The second-order valence-corrected chi connectivity index (χ2v) is 7.11. The van der Waals surface area contributed by atoms with Gasteiger partial charge in [0.2, 0.25) is 0 Å². The van der Waals surface area contributed by atoms with E-state index in [0.29, 0.717) is 24.3 Å². The number of rotatable bonds is 9. The predicted octanol–water partition coefficient (Wildman–Crippen LogP) is 2.81. The van der Waals surface area contributed by atoms with Gasteiger partial charge in [0.25, 0.3) is 5.91 Å². The quantitative estimate of drug-likeness (QED) is 0.506. The molecule has 1 aromatic heterocycles. The fourth-order valence-corrected chi connectivity index (χ4v) is 3.53. The molecule has 1 aliphatic rings. The van der Waals surface area contributed by atoms with Crippen LogP contribution in [0.2, 0.25) is 0 Å². The van der Waals surface area contributed by atoms with Crippen LogP contribution in [0.15, 0.2) is 27.4 Å². The van der Waals surface area contributed by atoms with Crippen LogP contribution in [-0.2, 0) is 22.4 Å². The SMILES string of the molecule is C[C@@H](Oc1ccc2c3c(c(=O)oc2c1)CCC3)C(=O)NCCCCCC(=O)O. The van der Waals surface area contributed by atoms with Crippen molar-refractivity contribution in [2.45, 2.75) is 58.0 Å². The van der Waals surface area contributed by atoms with E-state index in [4.69, 9.17) is 14.3 Å². The molecule has 1 atom stereocenters. The minimum Gasteiger partial charge on any atom is -0.481 e. The molecule has 7 heteroatoms. The van der Waals surface area contributed by atoms with Gasteiger partial charge in [-0.1, -0.05) is 6.42 Å². The van der Waals surface area contributed by atoms with Gasteiger partial charge in [-0.3, -0.25) is 9.59 Å². The summed E-state index contributed by atoms with van der Waals surface area (Å²) in [5.74, 6) is -0.575. The molecule has 1 aromatic carbocycles. The Balaban J connectivity index is 1.55. The molecule has 1 aliphatic carbocycles. The first kappa shape index (κ1) is 19.9. The largest absolute Gasteiger partial charge is 0.481 e. The minimum absolute atomic E-state index is 0.148. The van der Waals surface area contributed by atoms with E-state index in [1.54, 1.807) is 19.1 Å².